The predicted octanol–water partition coefficient (Wildman–Crippen LogP) is 4.23. The molecule has 0 aliphatic rings. The molecule has 0 bridgehead atoms. The molecule has 2 unspecified atom stereocenters. The normalized spacial score (nSPS) is 14.2. The molecule has 1 amide bonds. The van der Waals surface area contributed by atoms with Crippen molar-refractivity contribution in [3.05, 3.63) is 63.7 Å². The summed E-state index contributed by atoms with van der Waals surface area (Å²) in [5.41, 5.74) is 4.38. The summed E-state index contributed by atoms with van der Waals surface area (Å²) >= 11 is 0. The first-order valence-corrected chi connectivity index (χ1v) is 12.5. The van der Waals surface area contributed by atoms with Crippen LogP contribution in [0.5, 0.6) is 5.75 Å². The molecule has 0 aliphatic carbocycles. The van der Waals surface area contributed by atoms with E-state index in [9.17, 15) is 24.4 Å². The van der Waals surface area contributed by atoms with E-state index in [4.69, 9.17) is 4.74 Å². The van der Waals surface area contributed by atoms with Gasteiger partial charge < -0.3 is 24.8 Å². The summed E-state index contributed by atoms with van der Waals surface area (Å²) < 4.78 is 16.5. The molecule has 3 N–H and O–H groups in total. The number of hydrogen-bond acceptors (Lipinski definition) is 6. The van der Waals surface area contributed by atoms with E-state index in [1.165, 1.54) is 13.0 Å². The summed E-state index contributed by atoms with van der Waals surface area (Å²) in [4.78, 5) is 25.3. The Morgan fingerprint density at radius 3 is 2.29 bits per heavy atom. The number of rotatable bonds is 10. The van der Waals surface area contributed by atoms with Crippen molar-refractivity contribution in [2.75, 3.05) is 6.61 Å². The minimum atomic E-state index is -1.40. The van der Waals surface area contributed by atoms with E-state index in [1.54, 1.807) is 19.1 Å². The molecule has 0 heterocycles. The van der Waals surface area contributed by atoms with Gasteiger partial charge in [-0.15, -0.1) is 0 Å². The predicted molar refractivity (Wildman–Crippen MR) is 134 cm³/mol. The molecule has 0 saturated carbocycles. The number of ether oxygens (including phenoxy) is 1. The van der Waals surface area contributed by atoms with Crippen molar-refractivity contribution < 1.29 is 29.1 Å². The Morgan fingerprint density at radius 1 is 1.15 bits per heavy atom. The van der Waals surface area contributed by atoms with Crippen LogP contribution in [0.2, 0.25) is 0 Å². The lowest BCUT2D eigenvalue weighted by Gasteiger charge is -2.21. The van der Waals surface area contributed by atoms with Crippen LogP contribution in [0.15, 0.2) is 30.3 Å². The van der Waals surface area contributed by atoms with Crippen LogP contribution < -0.4 is 5.32 Å². The summed E-state index contributed by atoms with van der Waals surface area (Å²) in [6, 6.07) is 7.69. The Labute approximate surface area is 202 Å². The Bertz CT molecular complexity index is 1040. The van der Waals surface area contributed by atoms with Gasteiger partial charge in [0.25, 0.3) is 5.91 Å². The fourth-order valence-corrected chi connectivity index (χ4v) is 4.18. The largest absolute Gasteiger partial charge is 0.507 e. The van der Waals surface area contributed by atoms with Crippen LogP contribution in [0.25, 0.3) is 0 Å². The number of phenols is 1. The van der Waals surface area contributed by atoms with E-state index in [0.29, 0.717) is 18.4 Å². The topological polar surface area (TPSA) is 113 Å². The number of aliphatic hydroxyl groups is 1. The highest BCUT2D eigenvalue weighted by atomic mass is 31.1. The molecule has 0 fully saturated rings. The fraction of sp³-hybridized carbons (Fsp3) is 0.462. The van der Waals surface area contributed by atoms with Crippen LogP contribution in [0, 0.1) is 19.8 Å². The van der Waals surface area contributed by atoms with Crippen LogP contribution in [0.1, 0.15) is 72.3 Å². The summed E-state index contributed by atoms with van der Waals surface area (Å²) in [7, 11) is -1.40. The Kier molecular flexibility index (Phi) is 9.48. The zero-order chi connectivity index (χ0) is 25.6. The molecule has 34 heavy (non-hydrogen) atoms. The zero-order valence-corrected chi connectivity index (χ0v) is 21.9. The van der Waals surface area contributed by atoms with Crippen LogP contribution in [-0.4, -0.2) is 34.7 Å². The maximum Gasteiger partial charge on any atom is 0.328 e. The van der Waals surface area contributed by atoms with E-state index in [-0.39, 0.29) is 23.8 Å². The molecule has 0 aliphatic heterocycles. The first-order chi connectivity index (χ1) is 15.9. The number of hydrogen-bond donors (Lipinski definition) is 3. The molecule has 0 spiro atoms. The van der Waals surface area contributed by atoms with Crippen molar-refractivity contribution in [3.8, 4) is 5.75 Å². The number of carbonyl (C=O) groups is 2. The van der Waals surface area contributed by atoms with E-state index in [0.717, 1.165) is 22.3 Å². The molecular formula is C26H36NO6P. The summed E-state index contributed by atoms with van der Waals surface area (Å²) in [5, 5.41) is 22.1. The summed E-state index contributed by atoms with van der Waals surface area (Å²) in [6.07, 6.45) is 0.919. The second-order valence-electron chi connectivity index (χ2n) is 9.29. The maximum atomic E-state index is 13.0. The number of nitrogens with one attached hydrogen (secondary N) is 1. The van der Waals surface area contributed by atoms with Crippen molar-refractivity contribution in [1.29, 1.82) is 0 Å². The van der Waals surface area contributed by atoms with Crippen molar-refractivity contribution in [3.63, 3.8) is 0 Å². The van der Waals surface area contributed by atoms with Gasteiger partial charge in [-0.3, -0.25) is 4.79 Å². The molecule has 2 aromatic carbocycles. The summed E-state index contributed by atoms with van der Waals surface area (Å²) in [6.45, 7) is 11.2. The molecule has 7 nitrogen and oxygen atoms in total. The van der Waals surface area contributed by atoms with Crippen molar-refractivity contribution >= 4 is 20.3 Å². The third-order valence-electron chi connectivity index (χ3n) is 5.78. The van der Waals surface area contributed by atoms with Crippen molar-refractivity contribution in [2.45, 2.75) is 65.8 Å². The second-order valence-corrected chi connectivity index (χ2v) is 10.6. The highest BCUT2D eigenvalue weighted by Gasteiger charge is 2.26. The highest BCUT2D eigenvalue weighted by molar-refractivity contribution is 7.25. The van der Waals surface area contributed by atoms with E-state index in [2.05, 4.69) is 5.32 Å². The van der Waals surface area contributed by atoms with Crippen molar-refractivity contribution in [1.82, 2.24) is 5.32 Å². The fourth-order valence-electron chi connectivity index (χ4n) is 3.88. The minimum Gasteiger partial charge on any atom is -0.507 e. The molecule has 2 aromatic rings. The van der Waals surface area contributed by atoms with Gasteiger partial charge in [0, 0.05) is 0 Å². The molecule has 2 rings (SSSR count). The van der Waals surface area contributed by atoms with Crippen molar-refractivity contribution in [2.24, 2.45) is 5.92 Å². The Hall–Kier alpha value is -2.63. The van der Waals surface area contributed by atoms with Gasteiger partial charge in [0.1, 0.15) is 17.1 Å². The lowest BCUT2D eigenvalue weighted by molar-refractivity contribution is -0.145. The van der Waals surface area contributed by atoms with E-state index < -0.39 is 31.7 Å². The SMILES string of the molecule is CCOC(=O)C(CC(C)C)NC(=O)c1cc(Cc2c(C)cc([C@](C)(O)[PH2]=O)cc2C)ccc1O. The zero-order valence-electron chi connectivity index (χ0n) is 20.8. The average Bonchev–Trinajstić information content (AvgIpc) is 2.76. The summed E-state index contributed by atoms with van der Waals surface area (Å²) in [5.74, 6) is -1.06. The Balaban J connectivity index is 2.32. The number of carbonyl (C=O) groups excluding carboxylic acids is 2. The van der Waals surface area contributed by atoms with Gasteiger partial charge in [-0.2, -0.15) is 0 Å². The third kappa shape index (κ3) is 6.94. The Morgan fingerprint density at radius 2 is 1.76 bits per heavy atom. The van der Waals surface area contributed by atoms with E-state index >= 15 is 0 Å². The molecule has 186 valence electrons. The maximum absolute atomic E-state index is 13.0. The first kappa shape index (κ1) is 27.6. The lowest BCUT2D eigenvalue weighted by Crippen LogP contribution is -2.42. The van der Waals surface area contributed by atoms with Crippen LogP contribution in [-0.2, 0) is 25.9 Å². The molecule has 8 heteroatoms. The standard InChI is InChI=1S/C26H36NO6P/c1-7-33-25(30)22(10-15(2)3)27-24(29)21-14-18(8-9-23(21)28)13-20-16(4)11-19(12-17(20)5)26(6,31)34-32/h8-9,11-12,14-15,22,28,31H,7,10,13,34H2,1-6H3,(H,27,29)/t22?,26-/m1/s1. The molecule has 0 aromatic heterocycles. The van der Waals surface area contributed by atoms with Gasteiger partial charge >= 0.3 is 5.97 Å². The van der Waals surface area contributed by atoms with Crippen LogP contribution >= 0.6 is 8.46 Å². The van der Waals surface area contributed by atoms with Crippen LogP contribution in [0.3, 0.4) is 0 Å². The van der Waals surface area contributed by atoms with E-state index in [1.807, 2.05) is 39.8 Å². The van der Waals surface area contributed by atoms with Gasteiger partial charge in [-0.05, 0) is 86.4 Å². The first-order valence-electron chi connectivity index (χ1n) is 11.5. The van der Waals surface area contributed by atoms with Gasteiger partial charge in [0.15, 0.2) is 0 Å². The molecular weight excluding hydrogens is 453 g/mol. The van der Waals surface area contributed by atoms with Crippen LogP contribution in [0.4, 0.5) is 0 Å². The molecule has 0 radical (unpaired) electrons. The van der Waals surface area contributed by atoms with Gasteiger partial charge in [-0.1, -0.05) is 32.0 Å². The number of aromatic hydroxyl groups is 1. The smallest absolute Gasteiger partial charge is 0.328 e. The monoisotopic (exact) mass is 489 g/mol. The molecule has 0 saturated heterocycles. The second kappa shape index (κ2) is 11.7. The number of amides is 1. The number of esters is 1. The number of aryl methyl sites for hydroxylation is 2. The highest BCUT2D eigenvalue weighted by Crippen LogP contribution is 2.34. The minimum absolute atomic E-state index is 0.0837. The molecule has 3 atom stereocenters. The van der Waals surface area contributed by atoms with Gasteiger partial charge in [-0.25, -0.2) is 4.79 Å². The number of benzene rings is 2. The quantitative estimate of drug-likeness (QED) is 0.340. The average molecular weight is 490 g/mol. The van der Waals surface area contributed by atoms with Gasteiger partial charge in [0.2, 0.25) is 0 Å². The third-order valence-corrected chi connectivity index (χ3v) is 6.57. The number of phenolic OH excluding ortho intramolecular Hbond substituents is 1. The van der Waals surface area contributed by atoms with Gasteiger partial charge in [0.05, 0.1) is 20.6 Å². The lowest BCUT2D eigenvalue weighted by atomic mass is 9.92.